The third-order valence-corrected chi connectivity index (χ3v) is 8.83. The smallest absolute Gasteiger partial charge is 0.308 e. The Balaban J connectivity index is 1.49. The number of methoxy groups -OCH3 is 1. The minimum absolute atomic E-state index is 0.259. The molecular weight excluding hydrogens is 542 g/mol. The zero-order valence-corrected chi connectivity index (χ0v) is 23.5. The van der Waals surface area contributed by atoms with Crippen molar-refractivity contribution < 1.29 is 28.7 Å². The Hall–Kier alpha value is -5.30. The Morgan fingerprint density at radius 2 is 1.47 bits per heavy atom. The monoisotopic (exact) mass is 569 g/mol. The van der Waals surface area contributed by atoms with E-state index in [0.717, 1.165) is 11.3 Å². The standard InChI is InChI=1S/C36H27NO6/c1-21(38)43-25-17-14-23(15-18-25)33(39)32-31(24-9-7-10-26(20-24)42-2)36(34(40)27-11-4-5-12-28(27)35(36)41)30-19-16-22-8-3-6-13-29(22)37(30)32/h3-20,30-32H,1-2H3. The van der Waals surface area contributed by atoms with E-state index in [1.54, 1.807) is 61.7 Å². The molecule has 1 saturated heterocycles. The Morgan fingerprint density at radius 3 is 2.14 bits per heavy atom. The first-order valence-corrected chi connectivity index (χ1v) is 14.1. The van der Waals surface area contributed by atoms with Crippen LogP contribution < -0.4 is 14.4 Å². The summed E-state index contributed by atoms with van der Waals surface area (Å²) in [5.74, 6) is -1.28. The molecular formula is C36H27NO6. The summed E-state index contributed by atoms with van der Waals surface area (Å²) >= 11 is 0. The average Bonchev–Trinajstić information content (AvgIpc) is 3.47. The molecule has 4 aromatic rings. The van der Waals surface area contributed by atoms with Crippen LogP contribution in [0.1, 0.15) is 55.0 Å². The van der Waals surface area contributed by atoms with Gasteiger partial charge in [0.15, 0.2) is 17.3 Å². The highest BCUT2D eigenvalue weighted by atomic mass is 16.5. The van der Waals surface area contributed by atoms with E-state index < -0.39 is 29.4 Å². The molecule has 1 spiro atoms. The van der Waals surface area contributed by atoms with Gasteiger partial charge in [0.25, 0.3) is 0 Å². The number of nitrogens with zero attached hydrogens (tertiary/aromatic N) is 1. The number of ether oxygens (including phenoxy) is 2. The molecule has 0 saturated carbocycles. The number of carbonyl (C=O) groups excluding carboxylic acids is 4. The Labute approximate surface area is 248 Å². The molecule has 3 unspecified atom stereocenters. The number of para-hydroxylation sites is 1. The summed E-state index contributed by atoms with van der Waals surface area (Å²) in [5.41, 5.74) is 1.82. The van der Waals surface area contributed by atoms with Gasteiger partial charge in [-0.1, -0.05) is 66.7 Å². The highest BCUT2D eigenvalue weighted by Crippen LogP contribution is 2.61. The molecule has 7 heteroatoms. The Bertz CT molecular complexity index is 1820. The van der Waals surface area contributed by atoms with Crippen molar-refractivity contribution in [1.29, 1.82) is 0 Å². The number of esters is 1. The van der Waals surface area contributed by atoms with Crippen LogP contribution in [0.3, 0.4) is 0 Å². The summed E-state index contributed by atoms with van der Waals surface area (Å²) < 4.78 is 10.7. The Kier molecular flexibility index (Phi) is 6.13. The van der Waals surface area contributed by atoms with Gasteiger partial charge in [0.2, 0.25) is 0 Å². The van der Waals surface area contributed by atoms with Crippen LogP contribution in [0, 0.1) is 5.41 Å². The van der Waals surface area contributed by atoms with Crippen molar-refractivity contribution in [3.05, 3.63) is 131 Å². The second kappa shape index (κ2) is 9.91. The third-order valence-electron chi connectivity index (χ3n) is 8.83. The van der Waals surface area contributed by atoms with Crippen molar-refractivity contribution in [2.45, 2.75) is 24.9 Å². The van der Waals surface area contributed by atoms with Crippen molar-refractivity contribution in [2.24, 2.45) is 5.41 Å². The molecule has 0 amide bonds. The normalized spacial score (nSPS) is 20.9. The number of carbonyl (C=O) groups is 4. The number of benzene rings is 4. The highest BCUT2D eigenvalue weighted by Gasteiger charge is 2.71. The molecule has 0 radical (unpaired) electrons. The van der Waals surface area contributed by atoms with E-state index in [0.29, 0.717) is 33.8 Å². The SMILES string of the molecule is COc1cccc(C2C(C(=O)c3ccc(OC(C)=O)cc3)N3c4ccccc4C=CC3C23C(=O)c2ccccc2C3=O)c1. The molecule has 4 aromatic carbocycles. The lowest BCUT2D eigenvalue weighted by atomic mass is 9.64. The lowest BCUT2D eigenvalue weighted by Crippen LogP contribution is -2.48. The molecule has 0 aromatic heterocycles. The fourth-order valence-electron chi connectivity index (χ4n) is 7.15. The largest absolute Gasteiger partial charge is 0.497 e. The van der Waals surface area contributed by atoms with Crippen LogP contribution in [0.15, 0.2) is 103 Å². The van der Waals surface area contributed by atoms with E-state index in [1.807, 2.05) is 59.5 Å². The first-order chi connectivity index (χ1) is 20.9. The molecule has 2 aliphatic heterocycles. The summed E-state index contributed by atoms with van der Waals surface area (Å²) in [4.78, 5) is 57.7. The molecule has 0 N–H and O–H groups in total. The number of hydrogen-bond acceptors (Lipinski definition) is 7. The topological polar surface area (TPSA) is 90.0 Å². The second-order valence-corrected chi connectivity index (χ2v) is 11.0. The molecule has 3 aliphatic rings. The van der Waals surface area contributed by atoms with Crippen LogP contribution in [0.25, 0.3) is 6.08 Å². The number of Topliss-reactive ketones (excluding diaryl/α,β-unsaturated/α-hetero) is 3. The van der Waals surface area contributed by atoms with Gasteiger partial charge in [-0.3, -0.25) is 19.2 Å². The van der Waals surface area contributed by atoms with Crippen LogP contribution in [0.5, 0.6) is 11.5 Å². The van der Waals surface area contributed by atoms with Gasteiger partial charge >= 0.3 is 5.97 Å². The van der Waals surface area contributed by atoms with Crippen LogP contribution in [0.2, 0.25) is 0 Å². The second-order valence-electron chi connectivity index (χ2n) is 11.0. The predicted molar refractivity (Wildman–Crippen MR) is 161 cm³/mol. The van der Waals surface area contributed by atoms with E-state index in [4.69, 9.17) is 9.47 Å². The van der Waals surface area contributed by atoms with Crippen molar-refractivity contribution in [3.63, 3.8) is 0 Å². The number of fused-ring (bicyclic) bond motifs is 5. The summed E-state index contributed by atoms with van der Waals surface area (Å²) in [6, 6.07) is 26.6. The number of rotatable bonds is 5. The number of anilines is 1. The lowest BCUT2D eigenvalue weighted by Gasteiger charge is -2.37. The van der Waals surface area contributed by atoms with Crippen LogP contribution in [0.4, 0.5) is 5.69 Å². The zero-order chi connectivity index (χ0) is 29.9. The number of ketones is 3. The van der Waals surface area contributed by atoms with Crippen molar-refractivity contribution in [1.82, 2.24) is 0 Å². The van der Waals surface area contributed by atoms with Gasteiger partial charge in [0.1, 0.15) is 23.0 Å². The average molecular weight is 570 g/mol. The van der Waals surface area contributed by atoms with Gasteiger partial charge in [-0.25, -0.2) is 0 Å². The van der Waals surface area contributed by atoms with Crippen LogP contribution in [-0.2, 0) is 4.79 Å². The van der Waals surface area contributed by atoms with E-state index in [9.17, 15) is 19.2 Å². The maximum atomic E-state index is 14.8. The van der Waals surface area contributed by atoms with Gasteiger partial charge in [-0.2, -0.15) is 0 Å². The molecule has 43 heavy (non-hydrogen) atoms. The number of hydrogen-bond donors (Lipinski definition) is 0. The minimum Gasteiger partial charge on any atom is -0.497 e. The van der Waals surface area contributed by atoms with Crippen molar-refractivity contribution >= 4 is 35.1 Å². The minimum atomic E-state index is -1.60. The zero-order valence-electron chi connectivity index (χ0n) is 23.5. The highest BCUT2D eigenvalue weighted by molar-refractivity contribution is 6.32. The van der Waals surface area contributed by atoms with Crippen molar-refractivity contribution in [3.8, 4) is 11.5 Å². The predicted octanol–water partition coefficient (Wildman–Crippen LogP) is 5.94. The molecule has 3 atom stereocenters. The maximum Gasteiger partial charge on any atom is 0.308 e. The third kappa shape index (κ3) is 3.81. The lowest BCUT2D eigenvalue weighted by molar-refractivity contribution is -0.131. The quantitative estimate of drug-likeness (QED) is 0.127. The first-order valence-electron chi connectivity index (χ1n) is 14.1. The van der Waals surface area contributed by atoms with Gasteiger partial charge in [0.05, 0.1) is 13.2 Å². The van der Waals surface area contributed by atoms with Crippen molar-refractivity contribution in [2.75, 3.05) is 12.0 Å². The van der Waals surface area contributed by atoms with E-state index >= 15 is 0 Å². The van der Waals surface area contributed by atoms with E-state index in [-0.39, 0.29) is 17.3 Å². The van der Waals surface area contributed by atoms with Gasteiger partial charge in [-0.05, 0) is 53.6 Å². The van der Waals surface area contributed by atoms with Crippen LogP contribution in [-0.4, -0.2) is 42.5 Å². The fraction of sp³-hybridized carbons (Fsp3) is 0.167. The Morgan fingerprint density at radius 1 is 0.791 bits per heavy atom. The fourth-order valence-corrected chi connectivity index (χ4v) is 7.15. The molecule has 2 heterocycles. The van der Waals surface area contributed by atoms with E-state index in [2.05, 4.69) is 0 Å². The van der Waals surface area contributed by atoms with Gasteiger partial charge in [0, 0.05) is 35.2 Å². The van der Waals surface area contributed by atoms with E-state index in [1.165, 1.54) is 6.92 Å². The first kappa shape index (κ1) is 26.6. The molecule has 1 fully saturated rings. The molecule has 0 bridgehead atoms. The summed E-state index contributed by atoms with van der Waals surface area (Å²) in [7, 11) is 1.56. The molecule has 212 valence electrons. The van der Waals surface area contributed by atoms with Crippen LogP contribution >= 0.6 is 0 Å². The summed E-state index contributed by atoms with van der Waals surface area (Å²) in [5, 5.41) is 0. The summed E-state index contributed by atoms with van der Waals surface area (Å²) in [6.07, 6.45) is 3.83. The van der Waals surface area contributed by atoms with Gasteiger partial charge < -0.3 is 14.4 Å². The molecule has 1 aliphatic carbocycles. The molecule has 7 nitrogen and oxygen atoms in total. The maximum absolute atomic E-state index is 14.8. The molecule has 7 rings (SSSR count). The van der Waals surface area contributed by atoms with Gasteiger partial charge in [-0.15, -0.1) is 0 Å². The summed E-state index contributed by atoms with van der Waals surface area (Å²) in [6.45, 7) is 1.31.